The Labute approximate surface area is 165 Å². The van der Waals surface area contributed by atoms with Gasteiger partial charge in [0.1, 0.15) is 11.5 Å². The van der Waals surface area contributed by atoms with E-state index in [-0.39, 0.29) is 17.4 Å². The minimum Gasteiger partial charge on any atom is -0.416 e. The van der Waals surface area contributed by atoms with Gasteiger partial charge in [-0.3, -0.25) is 0 Å². The van der Waals surface area contributed by atoms with E-state index in [2.05, 4.69) is 15.4 Å². The van der Waals surface area contributed by atoms with E-state index in [1.807, 2.05) is 18.2 Å². The first-order valence-corrected chi connectivity index (χ1v) is 11.5. The topological polar surface area (TPSA) is 99.1 Å². The van der Waals surface area contributed by atoms with Crippen LogP contribution in [0.4, 0.5) is 0 Å². The van der Waals surface area contributed by atoms with E-state index in [4.69, 9.17) is 20.5 Å². The van der Waals surface area contributed by atoms with Crippen LogP contribution in [-0.2, 0) is 22.0 Å². The highest BCUT2D eigenvalue weighted by Crippen LogP contribution is 2.27. The maximum absolute atomic E-state index is 11.5. The number of hydrogen-bond acceptors (Lipinski definition) is 8. The molecule has 0 bridgehead atoms. The molecule has 1 aromatic carbocycles. The first kappa shape index (κ1) is 18.5. The molecule has 2 aromatic heterocycles. The minimum absolute atomic E-state index is 0.0597. The smallest absolute Gasteiger partial charge is 0.277 e. The monoisotopic (exact) mass is 425 g/mol. The molecule has 7 nitrogen and oxygen atoms in total. The molecular formula is C17H16ClN3O4S2. The van der Waals surface area contributed by atoms with Crippen molar-refractivity contribution < 1.29 is 17.4 Å². The normalized spacial score (nSPS) is 18.8. The first-order chi connectivity index (χ1) is 13.0. The molecule has 1 aliphatic heterocycles. The summed E-state index contributed by atoms with van der Waals surface area (Å²) in [7, 11) is -2.90. The fourth-order valence-electron chi connectivity index (χ4n) is 2.93. The van der Waals surface area contributed by atoms with Crippen LogP contribution in [0.1, 0.15) is 18.1 Å². The van der Waals surface area contributed by atoms with Gasteiger partial charge in [0.25, 0.3) is 5.22 Å². The fourth-order valence-corrected chi connectivity index (χ4v) is 5.57. The Morgan fingerprint density at radius 3 is 2.78 bits per heavy atom. The van der Waals surface area contributed by atoms with Crippen LogP contribution >= 0.6 is 23.4 Å². The van der Waals surface area contributed by atoms with Crippen LogP contribution in [0.5, 0.6) is 0 Å². The molecule has 4 rings (SSSR count). The predicted molar refractivity (Wildman–Crippen MR) is 101 cm³/mol. The van der Waals surface area contributed by atoms with Gasteiger partial charge in [0, 0.05) is 23.1 Å². The average Bonchev–Trinajstić information content (AvgIpc) is 3.34. The number of sulfone groups is 1. The van der Waals surface area contributed by atoms with E-state index < -0.39 is 9.84 Å². The Morgan fingerprint density at radius 1 is 1.22 bits per heavy atom. The second-order valence-electron chi connectivity index (χ2n) is 6.41. The van der Waals surface area contributed by atoms with Crippen LogP contribution < -0.4 is 0 Å². The Hall–Kier alpha value is -1.84. The molecule has 0 radical (unpaired) electrons. The van der Waals surface area contributed by atoms with E-state index in [9.17, 15) is 8.42 Å². The molecule has 1 saturated heterocycles. The van der Waals surface area contributed by atoms with Gasteiger partial charge >= 0.3 is 0 Å². The largest absolute Gasteiger partial charge is 0.416 e. The second-order valence-corrected chi connectivity index (χ2v) is 10.0. The lowest BCUT2D eigenvalue weighted by Gasteiger charge is -2.01. The summed E-state index contributed by atoms with van der Waals surface area (Å²) in [6, 6.07) is 9.22. The Bertz CT molecular complexity index is 1030. The molecule has 0 spiro atoms. The molecule has 1 fully saturated rings. The molecule has 1 atom stereocenters. The summed E-state index contributed by atoms with van der Waals surface area (Å²) in [5, 5.41) is 13.2. The zero-order valence-corrected chi connectivity index (χ0v) is 16.6. The SMILES string of the molecule is O=S1(=O)CC[C@H](Cc2nnc(SCc3cc(-c4ccc(Cl)cc4)no3)o2)C1. The maximum atomic E-state index is 11.5. The van der Waals surface area contributed by atoms with Crippen molar-refractivity contribution in [3.63, 3.8) is 0 Å². The predicted octanol–water partition coefficient (Wildman–Crippen LogP) is 3.65. The van der Waals surface area contributed by atoms with Crippen molar-refractivity contribution in [3.8, 4) is 11.3 Å². The molecular weight excluding hydrogens is 410 g/mol. The quantitative estimate of drug-likeness (QED) is 0.552. The van der Waals surface area contributed by atoms with Crippen molar-refractivity contribution in [2.24, 2.45) is 5.92 Å². The van der Waals surface area contributed by atoms with Crippen molar-refractivity contribution in [2.75, 3.05) is 11.5 Å². The molecule has 1 aliphatic rings. The van der Waals surface area contributed by atoms with E-state index in [0.29, 0.717) is 40.5 Å². The van der Waals surface area contributed by atoms with Crippen LogP contribution in [0.15, 0.2) is 44.5 Å². The van der Waals surface area contributed by atoms with Crippen LogP contribution in [0.2, 0.25) is 5.02 Å². The van der Waals surface area contributed by atoms with E-state index in [1.165, 1.54) is 11.8 Å². The number of hydrogen-bond donors (Lipinski definition) is 0. The molecule has 0 unspecified atom stereocenters. The Morgan fingerprint density at radius 2 is 2.04 bits per heavy atom. The molecule has 27 heavy (non-hydrogen) atoms. The van der Waals surface area contributed by atoms with Gasteiger partial charge in [-0.05, 0) is 24.5 Å². The third-order valence-electron chi connectivity index (χ3n) is 4.28. The number of nitrogens with zero attached hydrogens (tertiary/aromatic N) is 3. The zero-order valence-electron chi connectivity index (χ0n) is 14.2. The average molecular weight is 426 g/mol. The third-order valence-corrected chi connectivity index (χ3v) is 7.20. The zero-order chi connectivity index (χ0) is 18.9. The maximum Gasteiger partial charge on any atom is 0.277 e. The summed E-state index contributed by atoms with van der Waals surface area (Å²) < 4.78 is 34.0. The number of halogens is 1. The van der Waals surface area contributed by atoms with Crippen molar-refractivity contribution in [3.05, 3.63) is 47.0 Å². The van der Waals surface area contributed by atoms with Crippen molar-refractivity contribution in [1.29, 1.82) is 0 Å². The van der Waals surface area contributed by atoms with Crippen LogP contribution in [0.3, 0.4) is 0 Å². The molecule has 3 heterocycles. The summed E-state index contributed by atoms with van der Waals surface area (Å²) >= 11 is 7.24. The highest BCUT2D eigenvalue weighted by atomic mass is 35.5. The molecule has 142 valence electrons. The lowest BCUT2D eigenvalue weighted by molar-refractivity contribution is 0.385. The highest BCUT2D eigenvalue weighted by Gasteiger charge is 2.29. The standard InChI is InChI=1S/C17H16ClN3O4S2/c18-13-3-1-12(2-4-13)15-8-14(25-21-15)9-26-17-20-19-16(24-17)7-11-5-6-27(22,23)10-11/h1-4,8,11H,5-7,9-10H2/t11-/m1/s1. The molecule has 10 heteroatoms. The molecule has 0 N–H and O–H groups in total. The molecule has 0 amide bonds. The van der Waals surface area contributed by atoms with Gasteiger partial charge < -0.3 is 8.94 Å². The van der Waals surface area contributed by atoms with Crippen LogP contribution in [-0.4, -0.2) is 35.3 Å². The molecule has 3 aromatic rings. The summed E-state index contributed by atoms with van der Waals surface area (Å²) in [4.78, 5) is 0. The van der Waals surface area contributed by atoms with Crippen LogP contribution in [0, 0.1) is 5.92 Å². The van der Waals surface area contributed by atoms with E-state index in [1.54, 1.807) is 12.1 Å². The summed E-state index contributed by atoms with van der Waals surface area (Å²) in [5.74, 6) is 2.16. The number of aromatic nitrogens is 3. The van der Waals surface area contributed by atoms with E-state index in [0.717, 1.165) is 11.3 Å². The number of thioether (sulfide) groups is 1. The third kappa shape index (κ3) is 4.72. The summed E-state index contributed by atoms with van der Waals surface area (Å²) in [5.41, 5.74) is 1.65. The Balaban J connectivity index is 1.33. The van der Waals surface area contributed by atoms with Gasteiger partial charge in [-0.25, -0.2) is 8.42 Å². The van der Waals surface area contributed by atoms with Crippen molar-refractivity contribution in [1.82, 2.24) is 15.4 Å². The van der Waals surface area contributed by atoms with Gasteiger partial charge in [-0.15, -0.1) is 10.2 Å². The van der Waals surface area contributed by atoms with Gasteiger partial charge in [-0.2, -0.15) is 0 Å². The second kappa shape index (κ2) is 7.65. The highest BCUT2D eigenvalue weighted by molar-refractivity contribution is 7.98. The molecule has 0 aliphatic carbocycles. The number of rotatable bonds is 6. The Kier molecular flexibility index (Phi) is 5.25. The van der Waals surface area contributed by atoms with Gasteiger partial charge in [-0.1, -0.05) is 40.7 Å². The minimum atomic E-state index is -2.90. The van der Waals surface area contributed by atoms with Gasteiger partial charge in [0.15, 0.2) is 9.84 Å². The lowest BCUT2D eigenvalue weighted by atomic mass is 10.1. The van der Waals surface area contributed by atoms with Gasteiger partial charge in [0.05, 0.1) is 17.3 Å². The van der Waals surface area contributed by atoms with Gasteiger partial charge in [0.2, 0.25) is 5.89 Å². The fraction of sp³-hybridized carbons (Fsp3) is 0.353. The number of benzene rings is 1. The van der Waals surface area contributed by atoms with Crippen molar-refractivity contribution in [2.45, 2.75) is 23.8 Å². The van der Waals surface area contributed by atoms with Crippen LogP contribution in [0.25, 0.3) is 11.3 Å². The lowest BCUT2D eigenvalue weighted by Crippen LogP contribution is -2.07. The summed E-state index contributed by atoms with van der Waals surface area (Å²) in [6.45, 7) is 0. The first-order valence-electron chi connectivity index (χ1n) is 8.34. The van der Waals surface area contributed by atoms with E-state index >= 15 is 0 Å². The summed E-state index contributed by atoms with van der Waals surface area (Å²) in [6.07, 6.45) is 1.15. The molecule has 0 saturated carbocycles. The van der Waals surface area contributed by atoms with Crippen molar-refractivity contribution >= 4 is 33.2 Å².